The molecule has 0 saturated carbocycles. The number of allylic oxidation sites excluding steroid dienone is 1. The van der Waals surface area contributed by atoms with Crippen LogP contribution in [0.2, 0.25) is 0 Å². The molecule has 1 aliphatic heterocycles. The average molecular weight is 178 g/mol. The third-order valence-electron chi connectivity index (χ3n) is 1.85. The van der Waals surface area contributed by atoms with Crippen molar-refractivity contribution in [1.29, 1.82) is 0 Å². The van der Waals surface area contributed by atoms with E-state index in [1.165, 1.54) is 11.0 Å². The lowest BCUT2D eigenvalue weighted by Gasteiger charge is -2.29. The Morgan fingerprint density at radius 3 is 2.92 bits per heavy atom. The van der Waals surface area contributed by atoms with Crippen LogP contribution in [0.4, 0.5) is 0 Å². The molecule has 0 aromatic heterocycles. The fourth-order valence-corrected chi connectivity index (χ4v) is 1.01. The van der Waals surface area contributed by atoms with E-state index in [2.05, 4.69) is 6.58 Å². The van der Waals surface area contributed by atoms with Gasteiger partial charge in [0.15, 0.2) is 0 Å². The van der Waals surface area contributed by atoms with Crippen LogP contribution in [0.5, 0.6) is 0 Å². The van der Waals surface area contributed by atoms with Crippen LogP contribution in [0, 0.1) is 0 Å². The number of nitrogens with zero attached hydrogens (tertiary/aromatic N) is 2. The number of amides is 1. The quantitative estimate of drug-likeness (QED) is 0.642. The van der Waals surface area contributed by atoms with E-state index in [0.717, 1.165) is 6.42 Å². The molecule has 13 heavy (non-hydrogen) atoms. The molecule has 0 bridgehead atoms. The highest BCUT2D eigenvalue weighted by Crippen LogP contribution is 2.13. The van der Waals surface area contributed by atoms with E-state index in [9.17, 15) is 4.79 Å². The molecule has 1 rings (SSSR count). The summed E-state index contributed by atoms with van der Waals surface area (Å²) in [6.07, 6.45) is 7.82. The molecule has 1 amide bonds. The van der Waals surface area contributed by atoms with Crippen molar-refractivity contribution in [3.8, 4) is 0 Å². The van der Waals surface area contributed by atoms with Gasteiger partial charge in [0.05, 0.1) is 0 Å². The van der Waals surface area contributed by atoms with Gasteiger partial charge in [0.1, 0.15) is 5.82 Å². The maximum Gasteiger partial charge on any atom is 0.257 e. The zero-order chi connectivity index (χ0) is 9.84. The van der Waals surface area contributed by atoms with Gasteiger partial charge in [-0.1, -0.05) is 19.6 Å². The Morgan fingerprint density at radius 1 is 1.62 bits per heavy atom. The van der Waals surface area contributed by atoms with E-state index in [1.54, 1.807) is 17.3 Å². The number of carbonyl (C=O) groups excluding carboxylic acids is 1. The standard InChI is InChI=1S/C10H14N2O/c1-4-5-7-12-9(2)11(3)8-6-10(12)13/h5-8H,2,4H2,1,3H3/b7-5-. The molecule has 70 valence electrons. The maximum absolute atomic E-state index is 11.4. The van der Waals surface area contributed by atoms with Crippen LogP contribution in [0.1, 0.15) is 13.3 Å². The number of rotatable bonds is 2. The Labute approximate surface area is 78.6 Å². The van der Waals surface area contributed by atoms with Crippen molar-refractivity contribution in [1.82, 2.24) is 9.80 Å². The lowest BCUT2D eigenvalue weighted by molar-refractivity contribution is -0.123. The van der Waals surface area contributed by atoms with Crippen molar-refractivity contribution in [2.45, 2.75) is 13.3 Å². The Bertz CT molecular complexity index is 279. The number of carbonyl (C=O) groups is 1. The van der Waals surface area contributed by atoms with Crippen molar-refractivity contribution < 1.29 is 4.79 Å². The minimum Gasteiger partial charge on any atom is -0.337 e. The Morgan fingerprint density at radius 2 is 2.31 bits per heavy atom. The summed E-state index contributed by atoms with van der Waals surface area (Å²) >= 11 is 0. The number of hydrogen-bond donors (Lipinski definition) is 0. The molecule has 0 fully saturated rings. The van der Waals surface area contributed by atoms with Crippen molar-refractivity contribution >= 4 is 5.91 Å². The highest BCUT2D eigenvalue weighted by atomic mass is 16.2. The van der Waals surface area contributed by atoms with E-state index in [0.29, 0.717) is 5.82 Å². The SMILES string of the molecule is C=C1N(C)C=CC(=O)N1/C=C\CC. The zero-order valence-corrected chi connectivity index (χ0v) is 8.03. The summed E-state index contributed by atoms with van der Waals surface area (Å²) in [6, 6.07) is 0. The lowest BCUT2D eigenvalue weighted by atomic mass is 10.3. The number of hydrogen-bond acceptors (Lipinski definition) is 2. The first-order chi connectivity index (χ1) is 6.16. The van der Waals surface area contributed by atoms with Crippen molar-refractivity contribution in [2.24, 2.45) is 0 Å². The van der Waals surface area contributed by atoms with Gasteiger partial charge in [-0.05, 0) is 6.42 Å². The fourth-order valence-electron chi connectivity index (χ4n) is 1.01. The van der Waals surface area contributed by atoms with E-state index in [4.69, 9.17) is 0 Å². The molecule has 0 saturated heterocycles. The third kappa shape index (κ3) is 1.99. The van der Waals surface area contributed by atoms with E-state index >= 15 is 0 Å². The molecule has 0 radical (unpaired) electrons. The Kier molecular flexibility index (Phi) is 2.90. The minimum absolute atomic E-state index is 0.0483. The van der Waals surface area contributed by atoms with Gasteiger partial charge in [-0.2, -0.15) is 0 Å². The summed E-state index contributed by atoms with van der Waals surface area (Å²) in [5.74, 6) is 0.630. The van der Waals surface area contributed by atoms with Gasteiger partial charge in [0.2, 0.25) is 0 Å². The normalized spacial score (nSPS) is 17.7. The maximum atomic E-state index is 11.4. The van der Waals surface area contributed by atoms with Crippen LogP contribution in [-0.2, 0) is 4.79 Å². The molecular weight excluding hydrogens is 164 g/mol. The second-order valence-electron chi connectivity index (χ2n) is 2.84. The van der Waals surface area contributed by atoms with E-state index in [1.807, 2.05) is 20.0 Å². The fraction of sp³-hybridized carbons (Fsp3) is 0.300. The molecular formula is C10H14N2O. The van der Waals surface area contributed by atoms with Crippen LogP contribution in [0.25, 0.3) is 0 Å². The average Bonchev–Trinajstić information content (AvgIpc) is 2.12. The molecule has 1 heterocycles. The summed E-state index contributed by atoms with van der Waals surface area (Å²) in [5, 5.41) is 0. The van der Waals surface area contributed by atoms with Crippen LogP contribution < -0.4 is 0 Å². The van der Waals surface area contributed by atoms with Crippen LogP contribution in [0.3, 0.4) is 0 Å². The zero-order valence-electron chi connectivity index (χ0n) is 8.03. The van der Waals surface area contributed by atoms with Gasteiger partial charge < -0.3 is 4.90 Å². The predicted octanol–water partition coefficient (Wildman–Crippen LogP) is 1.67. The molecule has 0 aromatic carbocycles. The van der Waals surface area contributed by atoms with Crippen LogP contribution >= 0.6 is 0 Å². The van der Waals surface area contributed by atoms with Gasteiger partial charge in [0, 0.05) is 25.5 Å². The lowest BCUT2D eigenvalue weighted by Crippen LogP contribution is -2.33. The van der Waals surface area contributed by atoms with Crippen molar-refractivity contribution in [3.63, 3.8) is 0 Å². The Balaban J connectivity index is 2.83. The first-order valence-electron chi connectivity index (χ1n) is 4.26. The summed E-state index contributed by atoms with van der Waals surface area (Å²) < 4.78 is 0. The summed E-state index contributed by atoms with van der Waals surface area (Å²) in [7, 11) is 1.86. The smallest absolute Gasteiger partial charge is 0.257 e. The molecule has 0 aromatic rings. The monoisotopic (exact) mass is 178 g/mol. The molecule has 3 heteroatoms. The summed E-state index contributed by atoms with van der Waals surface area (Å²) in [5.41, 5.74) is 0. The summed E-state index contributed by atoms with van der Waals surface area (Å²) in [4.78, 5) is 14.7. The minimum atomic E-state index is -0.0483. The molecule has 0 spiro atoms. The molecule has 0 atom stereocenters. The van der Waals surface area contributed by atoms with E-state index < -0.39 is 0 Å². The van der Waals surface area contributed by atoms with Gasteiger partial charge in [-0.15, -0.1) is 0 Å². The third-order valence-corrected chi connectivity index (χ3v) is 1.85. The highest BCUT2D eigenvalue weighted by molar-refractivity contribution is 5.90. The summed E-state index contributed by atoms with van der Waals surface area (Å²) in [6.45, 7) is 5.83. The van der Waals surface area contributed by atoms with Gasteiger partial charge >= 0.3 is 0 Å². The predicted molar refractivity (Wildman–Crippen MR) is 52.3 cm³/mol. The first kappa shape index (κ1) is 9.58. The van der Waals surface area contributed by atoms with Crippen molar-refractivity contribution in [2.75, 3.05) is 7.05 Å². The van der Waals surface area contributed by atoms with E-state index in [-0.39, 0.29) is 5.91 Å². The largest absolute Gasteiger partial charge is 0.337 e. The second-order valence-corrected chi connectivity index (χ2v) is 2.84. The molecule has 0 unspecified atom stereocenters. The van der Waals surface area contributed by atoms with Gasteiger partial charge in [0.25, 0.3) is 5.91 Å². The molecule has 0 N–H and O–H groups in total. The van der Waals surface area contributed by atoms with Crippen LogP contribution in [0.15, 0.2) is 37.0 Å². The molecule has 0 aliphatic carbocycles. The first-order valence-corrected chi connectivity index (χ1v) is 4.26. The van der Waals surface area contributed by atoms with Gasteiger partial charge in [-0.25, -0.2) is 0 Å². The molecule has 1 aliphatic rings. The van der Waals surface area contributed by atoms with Gasteiger partial charge in [-0.3, -0.25) is 9.69 Å². The van der Waals surface area contributed by atoms with Crippen LogP contribution in [-0.4, -0.2) is 22.8 Å². The highest BCUT2D eigenvalue weighted by Gasteiger charge is 2.17. The Hall–Kier alpha value is -1.51. The van der Waals surface area contributed by atoms with Crippen molar-refractivity contribution in [3.05, 3.63) is 37.0 Å². The topological polar surface area (TPSA) is 23.6 Å². The molecule has 3 nitrogen and oxygen atoms in total. The second kappa shape index (κ2) is 3.94.